The first-order valence-corrected chi connectivity index (χ1v) is 6.44. The highest BCUT2D eigenvalue weighted by Crippen LogP contribution is 2.18. The molecule has 108 valence electrons. The van der Waals surface area contributed by atoms with Gasteiger partial charge in [-0.15, -0.1) is 0 Å². The van der Waals surface area contributed by atoms with E-state index in [1.807, 2.05) is 12.1 Å². The van der Waals surface area contributed by atoms with E-state index in [-0.39, 0.29) is 24.4 Å². The average Bonchev–Trinajstić information content (AvgIpc) is 2.85. The lowest BCUT2D eigenvalue weighted by Gasteiger charge is -2.19. The molecule has 3 amide bonds. The van der Waals surface area contributed by atoms with Crippen molar-refractivity contribution in [3.63, 3.8) is 0 Å². The summed E-state index contributed by atoms with van der Waals surface area (Å²) in [4.78, 5) is 26.2. The van der Waals surface area contributed by atoms with Gasteiger partial charge in [-0.05, 0) is 24.1 Å². The molecule has 2 heterocycles. The van der Waals surface area contributed by atoms with Crippen molar-refractivity contribution in [2.45, 2.75) is 12.5 Å². The van der Waals surface area contributed by atoms with E-state index in [0.717, 1.165) is 12.0 Å². The van der Waals surface area contributed by atoms with Crippen LogP contribution in [0.4, 0.5) is 4.79 Å². The molecule has 0 spiro atoms. The van der Waals surface area contributed by atoms with Gasteiger partial charge in [-0.3, -0.25) is 9.78 Å². The molecule has 1 aliphatic rings. The number of nitrogens with one attached hydrogen (secondary N) is 2. The first-order valence-electron chi connectivity index (χ1n) is 6.44. The molecule has 1 saturated heterocycles. The van der Waals surface area contributed by atoms with E-state index in [1.165, 1.54) is 0 Å². The van der Waals surface area contributed by atoms with Crippen LogP contribution in [0.25, 0.3) is 0 Å². The maximum atomic E-state index is 11.7. The predicted octanol–water partition coefficient (Wildman–Crippen LogP) is -0.576. The number of carbonyl (C=O) groups is 2. The zero-order chi connectivity index (χ0) is 14.4. The van der Waals surface area contributed by atoms with Gasteiger partial charge in [-0.2, -0.15) is 0 Å². The molecule has 1 aromatic heterocycles. The second-order valence-corrected chi connectivity index (χ2v) is 4.75. The van der Waals surface area contributed by atoms with Crippen LogP contribution in [0, 0.1) is 5.92 Å². The third-order valence-electron chi connectivity index (χ3n) is 3.22. The highest BCUT2D eigenvalue weighted by molar-refractivity contribution is 5.83. The Balaban J connectivity index is 1.84. The monoisotopic (exact) mass is 278 g/mol. The van der Waals surface area contributed by atoms with Gasteiger partial charge in [0.15, 0.2) is 0 Å². The van der Waals surface area contributed by atoms with Crippen LogP contribution in [-0.4, -0.2) is 42.7 Å². The number of hydrogen-bond acceptors (Lipinski definition) is 4. The zero-order valence-electron chi connectivity index (χ0n) is 11.0. The summed E-state index contributed by atoms with van der Waals surface area (Å²) < 4.78 is 5.43. The molecule has 1 fully saturated rings. The molecule has 1 aliphatic heterocycles. The van der Waals surface area contributed by atoms with Crippen molar-refractivity contribution >= 4 is 11.9 Å². The Labute approximate surface area is 116 Å². The van der Waals surface area contributed by atoms with Crippen LogP contribution in [0.1, 0.15) is 5.56 Å². The number of primary amides is 1. The lowest BCUT2D eigenvalue weighted by atomic mass is 9.95. The fourth-order valence-electron chi connectivity index (χ4n) is 2.21. The van der Waals surface area contributed by atoms with Crippen molar-refractivity contribution < 1.29 is 14.3 Å². The van der Waals surface area contributed by atoms with Crippen LogP contribution in [0.15, 0.2) is 24.5 Å². The molecule has 0 aliphatic carbocycles. The van der Waals surface area contributed by atoms with Gasteiger partial charge in [0.05, 0.1) is 25.8 Å². The Hall–Kier alpha value is -2.15. The van der Waals surface area contributed by atoms with Gasteiger partial charge < -0.3 is 21.1 Å². The highest BCUT2D eigenvalue weighted by atomic mass is 16.5. The molecule has 20 heavy (non-hydrogen) atoms. The predicted molar refractivity (Wildman–Crippen MR) is 71.8 cm³/mol. The third-order valence-corrected chi connectivity index (χ3v) is 3.22. The van der Waals surface area contributed by atoms with E-state index in [1.54, 1.807) is 12.4 Å². The molecule has 2 atom stereocenters. The maximum Gasteiger partial charge on any atom is 0.312 e. The molecule has 0 saturated carbocycles. The van der Waals surface area contributed by atoms with Crippen LogP contribution < -0.4 is 16.4 Å². The highest BCUT2D eigenvalue weighted by Gasteiger charge is 2.29. The number of carbonyl (C=O) groups excluding carboxylic acids is 2. The Kier molecular flexibility index (Phi) is 4.89. The summed E-state index contributed by atoms with van der Waals surface area (Å²) in [7, 11) is 0. The van der Waals surface area contributed by atoms with Crippen molar-refractivity contribution in [2.24, 2.45) is 11.7 Å². The molecule has 4 N–H and O–H groups in total. The summed E-state index contributed by atoms with van der Waals surface area (Å²) in [6.45, 7) is 0.975. The smallest absolute Gasteiger partial charge is 0.312 e. The van der Waals surface area contributed by atoms with E-state index in [2.05, 4.69) is 15.6 Å². The largest absolute Gasteiger partial charge is 0.379 e. The third kappa shape index (κ3) is 4.20. The minimum Gasteiger partial charge on any atom is -0.379 e. The molecule has 0 aromatic carbocycles. The van der Waals surface area contributed by atoms with Gasteiger partial charge in [-0.1, -0.05) is 0 Å². The number of rotatable bonds is 5. The van der Waals surface area contributed by atoms with E-state index < -0.39 is 6.03 Å². The van der Waals surface area contributed by atoms with Crippen molar-refractivity contribution in [1.29, 1.82) is 0 Å². The fourth-order valence-corrected chi connectivity index (χ4v) is 2.21. The lowest BCUT2D eigenvalue weighted by molar-refractivity contribution is -0.121. The van der Waals surface area contributed by atoms with Gasteiger partial charge >= 0.3 is 6.03 Å². The molecule has 0 unspecified atom stereocenters. The number of pyridine rings is 1. The maximum absolute atomic E-state index is 11.7. The molecule has 0 radical (unpaired) electrons. The Morgan fingerprint density at radius 2 is 2.10 bits per heavy atom. The average molecular weight is 278 g/mol. The number of urea groups is 1. The van der Waals surface area contributed by atoms with E-state index in [0.29, 0.717) is 13.2 Å². The minimum atomic E-state index is -0.712. The van der Waals surface area contributed by atoms with Crippen molar-refractivity contribution in [3.05, 3.63) is 30.1 Å². The van der Waals surface area contributed by atoms with E-state index >= 15 is 0 Å². The van der Waals surface area contributed by atoms with Gasteiger partial charge in [0.25, 0.3) is 0 Å². The van der Waals surface area contributed by atoms with Gasteiger partial charge in [0.2, 0.25) is 5.91 Å². The second kappa shape index (κ2) is 6.85. The standard InChI is InChI=1S/C13H18N4O3/c14-13(19)16-6-12(18)17-11-8-20-7-10(11)5-9-1-3-15-4-2-9/h1-4,10-11H,5-8H2,(H,17,18)(H3,14,16,19)/t10-,11-/m1/s1. The van der Waals surface area contributed by atoms with Gasteiger partial charge in [0.1, 0.15) is 0 Å². The van der Waals surface area contributed by atoms with Crippen LogP contribution >= 0.6 is 0 Å². The first kappa shape index (κ1) is 14.3. The molecule has 7 heteroatoms. The molecule has 0 bridgehead atoms. The molecular weight excluding hydrogens is 260 g/mol. The number of hydrogen-bond donors (Lipinski definition) is 3. The van der Waals surface area contributed by atoms with Crippen molar-refractivity contribution in [2.75, 3.05) is 19.8 Å². The normalized spacial score (nSPS) is 21.4. The molecule has 1 aromatic rings. The number of amides is 3. The first-order chi connectivity index (χ1) is 9.65. The fraction of sp³-hybridized carbons (Fsp3) is 0.462. The summed E-state index contributed by atoms with van der Waals surface area (Å²) in [6, 6.07) is 3.14. The quantitative estimate of drug-likeness (QED) is 0.670. The van der Waals surface area contributed by atoms with Gasteiger partial charge in [-0.25, -0.2) is 4.79 Å². The summed E-state index contributed by atoms with van der Waals surface area (Å²) in [5.41, 5.74) is 6.08. The number of nitrogens with two attached hydrogens (primary N) is 1. The van der Waals surface area contributed by atoms with Crippen LogP contribution in [0.2, 0.25) is 0 Å². The molecule has 7 nitrogen and oxygen atoms in total. The van der Waals surface area contributed by atoms with Gasteiger partial charge in [0, 0.05) is 18.3 Å². The number of nitrogens with zero attached hydrogens (tertiary/aromatic N) is 1. The van der Waals surface area contributed by atoms with Crippen LogP contribution in [0.5, 0.6) is 0 Å². The zero-order valence-corrected chi connectivity index (χ0v) is 11.0. The minimum absolute atomic E-state index is 0.0506. The molecule has 2 rings (SSSR count). The summed E-state index contributed by atoms with van der Waals surface area (Å²) in [5.74, 6) is -0.0473. The second-order valence-electron chi connectivity index (χ2n) is 4.75. The van der Waals surface area contributed by atoms with E-state index in [4.69, 9.17) is 10.5 Å². The summed E-state index contributed by atoms with van der Waals surface area (Å²) >= 11 is 0. The Morgan fingerprint density at radius 3 is 2.80 bits per heavy atom. The van der Waals surface area contributed by atoms with Crippen molar-refractivity contribution in [1.82, 2.24) is 15.6 Å². The summed E-state index contributed by atoms with van der Waals surface area (Å²) in [5, 5.41) is 5.12. The molecular formula is C13H18N4O3. The van der Waals surface area contributed by atoms with Crippen LogP contribution in [-0.2, 0) is 16.0 Å². The van der Waals surface area contributed by atoms with E-state index in [9.17, 15) is 9.59 Å². The Morgan fingerprint density at radius 1 is 1.35 bits per heavy atom. The number of aromatic nitrogens is 1. The SMILES string of the molecule is NC(=O)NCC(=O)N[C@@H]1COC[C@H]1Cc1ccncc1. The summed E-state index contributed by atoms with van der Waals surface area (Å²) in [6.07, 6.45) is 4.31. The lowest BCUT2D eigenvalue weighted by Crippen LogP contribution is -2.46. The van der Waals surface area contributed by atoms with Crippen LogP contribution in [0.3, 0.4) is 0 Å². The Bertz CT molecular complexity index is 466. The topological polar surface area (TPSA) is 106 Å². The van der Waals surface area contributed by atoms with Crippen molar-refractivity contribution in [3.8, 4) is 0 Å². The number of ether oxygens (including phenoxy) is 1.